The lowest BCUT2D eigenvalue weighted by Gasteiger charge is -2.18. The Morgan fingerprint density at radius 2 is 2.45 bits per heavy atom. The van der Waals surface area contributed by atoms with Gasteiger partial charge in [0.25, 0.3) is 0 Å². The average molecular weight is 293 g/mol. The van der Waals surface area contributed by atoms with E-state index in [1.165, 1.54) is 11.5 Å². The second-order valence-electron chi connectivity index (χ2n) is 4.97. The Hall–Kier alpha value is -1.47. The van der Waals surface area contributed by atoms with Gasteiger partial charge in [0.05, 0.1) is 5.69 Å². The first-order valence-corrected chi connectivity index (χ1v) is 7.71. The molecule has 2 aromatic rings. The van der Waals surface area contributed by atoms with Crippen LogP contribution in [0.5, 0.6) is 0 Å². The largest absolute Gasteiger partial charge is 0.372 e. The van der Waals surface area contributed by atoms with Gasteiger partial charge in [0.15, 0.2) is 0 Å². The van der Waals surface area contributed by atoms with Gasteiger partial charge in [-0.1, -0.05) is 6.92 Å². The summed E-state index contributed by atoms with van der Waals surface area (Å²) in [6.45, 7) is 3.72. The van der Waals surface area contributed by atoms with Gasteiger partial charge >= 0.3 is 0 Å². The van der Waals surface area contributed by atoms with Crippen LogP contribution in [0.25, 0.3) is 0 Å². The monoisotopic (exact) mass is 293 g/mol. The van der Waals surface area contributed by atoms with Crippen LogP contribution < -0.4 is 5.32 Å². The average Bonchev–Trinajstić information content (AvgIpc) is 3.15. The van der Waals surface area contributed by atoms with E-state index in [1.54, 1.807) is 0 Å². The molecule has 1 aliphatic rings. The molecule has 0 bridgehead atoms. The SMILES string of the molecule is CCc1nsc(NC[C@@H]2CCO[C@H]2c2ccnn2C)n1. The van der Waals surface area contributed by atoms with Gasteiger partial charge in [0.2, 0.25) is 5.13 Å². The Labute approximate surface area is 122 Å². The molecule has 20 heavy (non-hydrogen) atoms. The van der Waals surface area contributed by atoms with E-state index in [2.05, 4.69) is 26.7 Å². The van der Waals surface area contributed by atoms with Crippen LogP contribution in [0.4, 0.5) is 5.13 Å². The topological polar surface area (TPSA) is 64.9 Å². The first-order valence-electron chi connectivity index (χ1n) is 6.94. The molecule has 1 aliphatic heterocycles. The van der Waals surface area contributed by atoms with Crippen LogP contribution in [-0.4, -0.2) is 32.3 Å². The third-order valence-electron chi connectivity index (χ3n) is 3.66. The molecule has 1 N–H and O–H groups in total. The third kappa shape index (κ3) is 2.69. The van der Waals surface area contributed by atoms with Crippen molar-refractivity contribution < 1.29 is 4.74 Å². The van der Waals surface area contributed by atoms with Crippen molar-refractivity contribution in [2.24, 2.45) is 13.0 Å². The smallest absolute Gasteiger partial charge is 0.202 e. The van der Waals surface area contributed by atoms with E-state index in [1.807, 2.05) is 24.0 Å². The molecule has 0 radical (unpaired) electrons. The molecule has 3 heterocycles. The first kappa shape index (κ1) is 13.5. The molecular formula is C13H19N5OS. The molecule has 0 aromatic carbocycles. The summed E-state index contributed by atoms with van der Waals surface area (Å²) < 4.78 is 12.0. The molecule has 6 nitrogen and oxygen atoms in total. The Balaban J connectivity index is 1.63. The van der Waals surface area contributed by atoms with Crippen molar-refractivity contribution >= 4 is 16.7 Å². The van der Waals surface area contributed by atoms with Gasteiger partial charge in [-0.2, -0.15) is 9.47 Å². The Bertz CT molecular complexity index is 567. The van der Waals surface area contributed by atoms with Crippen molar-refractivity contribution in [2.45, 2.75) is 25.9 Å². The molecule has 0 unspecified atom stereocenters. The number of aromatic nitrogens is 4. The predicted octanol–water partition coefficient (Wildman–Crippen LogP) is 2.02. The van der Waals surface area contributed by atoms with E-state index in [0.29, 0.717) is 5.92 Å². The number of nitrogens with zero attached hydrogens (tertiary/aromatic N) is 4. The van der Waals surface area contributed by atoms with E-state index in [9.17, 15) is 0 Å². The highest BCUT2D eigenvalue weighted by Crippen LogP contribution is 2.34. The lowest BCUT2D eigenvalue weighted by molar-refractivity contribution is 0.0866. The van der Waals surface area contributed by atoms with Crippen molar-refractivity contribution in [3.63, 3.8) is 0 Å². The Morgan fingerprint density at radius 3 is 3.15 bits per heavy atom. The fraction of sp³-hybridized carbons (Fsp3) is 0.615. The molecule has 3 rings (SSSR count). The molecular weight excluding hydrogens is 274 g/mol. The molecule has 0 aliphatic carbocycles. The quantitative estimate of drug-likeness (QED) is 0.913. The number of hydrogen-bond acceptors (Lipinski definition) is 6. The van der Waals surface area contributed by atoms with Gasteiger partial charge in [-0.25, -0.2) is 4.98 Å². The molecule has 2 atom stereocenters. The van der Waals surface area contributed by atoms with Crippen LogP contribution in [0.15, 0.2) is 12.3 Å². The highest BCUT2D eigenvalue weighted by Gasteiger charge is 2.31. The van der Waals surface area contributed by atoms with E-state index < -0.39 is 0 Å². The highest BCUT2D eigenvalue weighted by molar-refractivity contribution is 7.09. The summed E-state index contributed by atoms with van der Waals surface area (Å²) in [6.07, 6.45) is 3.87. The standard InChI is InChI=1S/C13H19N5OS/c1-3-11-16-13(20-17-11)14-8-9-5-7-19-12(9)10-4-6-15-18(10)2/h4,6,9,12H,3,5,7-8H2,1-2H3,(H,14,16,17)/t9-,12+/m0/s1. The van der Waals surface area contributed by atoms with Crippen LogP contribution >= 0.6 is 11.5 Å². The number of rotatable bonds is 5. The summed E-state index contributed by atoms with van der Waals surface area (Å²) >= 11 is 1.43. The number of anilines is 1. The lowest BCUT2D eigenvalue weighted by atomic mass is 9.99. The minimum Gasteiger partial charge on any atom is -0.372 e. The van der Waals surface area contributed by atoms with Crippen molar-refractivity contribution in [2.75, 3.05) is 18.5 Å². The number of hydrogen-bond donors (Lipinski definition) is 1. The van der Waals surface area contributed by atoms with Crippen molar-refractivity contribution in [3.05, 3.63) is 23.8 Å². The van der Waals surface area contributed by atoms with Gasteiger partial charge in [-0.05, 0) is 12.5 Å². The van der Waals surface area contributed by atoms with E-state index in [4.69, 9.17) is 4.74 Å². The minimum absolute atomic E-state index is 0.119. The fourth-order valence-corrected chi connectivity index (χ4v) is 3.18. The van der Waals surface area contributed by atoms with Gasteiger partial charge in [0, 0.05) is 50.3 Å². The van der Waals surface area contributed by atoms with Crippen LogP contribution in [-0.2, 0) is 18.2 Å². The molecule has 7 heteroatoms. The van der Waals surface area contributed by atoms with E-state index >= 15 is 0 Å². The fourth-order valence-electron chi connectivity index (χ4n) is 2.52. The molecule has 108 valence electrons. The van der Waals surface area contributed by atoms with Gasteiger partial charge < -0.3 is 10.1 Å². The predicted molar refractivity (Wildman–Crippen MR) is 77.8 cm³/mol. The normalized spacial score (nSPS) is 22.3. The van der Waals surface area contributed by atoms with Crippen LogP contribution in [0.1, 0.15) is 31.0 Å². The summed E-state index contributed by atoms with van der Waals surface area (Å²) in [5.41, 5.74) is 1.14. The Morgan fingerprint density at radius 1 is 1.55 bits per heavy atom. The summed E-state index contributed by atoms with van der Waals surface area (Å²) in [5.74, 6) is 1.35. The number of aryl methyl sites for hydroxylation is 2. The Kier molecular flexibility index (Phi) is 3.98. The maximum Gasteiger partial charge on any atom is 0.202 e. The van der Waals surface area contributed by atoms with Crippen LogP contribution in [0.3, 0.4) is 0 Å². The zero-order chi connectivity index (χ0) is 13.9. The van der Waals surface area contributed by atoms with Crippen LogP contribution in [0, 0.1) is 5.92 Å². The number of ether oxygens (including phenoxy) is 1. The lowest BCUT2D eigenvalue weighted by Crippen LogP contribution is -2.19. The van der Waals surface area contributed by atoms with E-state index in [-0.39, 0.29) is 6.10 Å². The second kappa shape index (κ2) is 5.88. The third-order valence-corrected chi connectivity index (χ3v) is 4.37. The van der Waals surface area contributed by atoms with Gasteiger partial charge in [-0.3, -0.25) is 4.68 Å². The molecule has 1 fully saturated rings. The highest BCUT2D eigenvalue weighted by atomic mass is 32.1. The summed E-state index contributed by atoms with van der Waals surface area (Å²) in [6, 6.07) is 2.03. The summed E-state index contributed by atoms with van der Waals surface area (Å²) in [7, 11) is 1.96. The molecule has 0 saturated carbocycles. The second-order valence-corrected chi connectivity index (χ2v) is 5.72. The van der Waals surface area contributed by atoms with E-state index in [0.717, 1.165) is 42.6 Å². The molecule has 0 spiro atoms. The van der Waals surface area contributed by atoms with Crippen molar-refractivity contribution in [1.29, 1.82) is 0 Å². The van der Waals surface area contributed by atoms with Crippen LogP contribution in [0.2, 0.25) is 0 Å². The van der Waals surface area contributed by atoms with Gasteiger partial charge in [0.1, 0.15) is 11.9 Å². The maximum absolute atomic E-state index is 5.87. The summed E-state index contributed by atoms with van der Waals surface area (Å²) in [4.78, 5) is 4.43. The van der Waals surface area contributed by atoms with Crippen molar-refractivity contribution in [1.82, 2.24) is 19.1 Å². The molecule has 2 aromatic heterocycles. The van der Waals surface area contributed by atoms with Crippen molar-refractivity contribution in [3.8, 4) is 0 Å². The summed E-state index contributed by atoms with van der Waals surface area (Å²) in [5, 5.41) is 8.51. The zero-order valence-corrected chi connectivity index (χ0v) is 12.6. The molecule has 0 amide bonds. The first-order chi connectivity index (χ1) is 9.78. The number of nitrogens with one attached hydrogen (secondary N) is 1. The minimum atomic E-state index is 0.119. The van der Waals surface area contributed by atoms with Gasteiger partial charge in [-0.15, -0.1) is 0 Å². The maximum atomic E-state index is 5.87. The zero-order valence-electron chi connectivity index (χ0n) is 11.7. The molecule has 1 saturated heterocycles.